The van der Waals surface area contributed by atoms with Gasteiger partial charge < -0.3 is 9.84 Å². The lowest BCUT2D eigenvalue weighted by Gasteiger charge is -2.09. The quantitative estimate of drug-likeness (QED) is 0.680. The molecule has 2 aromatic rings. The first-order valence-corrected chi connectivity index (χ1v) is 6.25. The van der Waals surface area contributed by atoms with Gasteiger partial charge in [-0.2, -0.15) is 0 Å². The van der Waals surface area contributed by atoms with Crippen LogP contribution in [0.4, 0.5) is 5.69 Å². The van der Waals surface area contributed by atoms with Gasteiger partial charge in [-0.15, -0.1) is 0 Å². The molecule has 0 radical (unpaired) electrons. The summed E-state index contributed by atoms with van der Waals surface area (Å²) < 4.78 is 5.52. The number of benzene rings is 2. The third-order valence-corrected chi connectivity index (χ3v) is 3.03. The van der Waals surface area contributed by atoms with Crippen molar-refractivity contribution in [3.8, 4) is 11.5 Å². The SMILES string of the molecule is C[C@H](O)c1ccc(Oc2cc([N+](=O)[O-])ccc2Cl)cc1. The van der Waals surface area contributed by atoms with Gasteiger partial charge in [-0.25, -0.2) is 0 Å². The Hall–Kier alpha value is -2.11. The van der Waals surface area contributed by atoms with Crippen molar-refractivity contribution in [1.82, 2.24) is 0 Å². The maximum Gasteiger partial charge on any atom is 0.273 e. The second-order valence-corrected chi connectivity index (χ2v) is 4.63. The van der Waals surface area contributed by atoms with Crippen LogP contribution in [-0.4, -0.2) is 10.0 Å². The maximum atomic E-state index is 10.7. The molecule has 6 heteroatoms. The molecule has 0 spiro atoms. The van der Waals surface area contributed by atoms with Gasteiger partial charge in [0.05, 0.1) is 22.1 Å². The molecule has 104 valence electrons. The number of nitro benzene ring substituents is 1. The Morgan fingerprint density at radius 3 is 2.45 bits per heavy atom. The van der Waals surface area contributed by atoms with E-state index in [9.17, 15) is 15.2 Å². The van der Waals surface area contributed by atoms with Gasteiger partial charge in [0.1, 0.15) is 5.75 Å². The van der Waals surface area contributed by atoms with Gasteiger partial charge in [0.2, 0.25) is 0 Å². The van der Waals surface area contributed by atoms with Crippen LogP contribution in [0.1, 0.15) is 18.6 Å². The Balaban J connectivity index is 2.25. The van der Waals surface area contributed by atoms with Crippen LogP contribution in [0, 0.1) is 10.1 Å². The molecule has 0 heterocycles. The van der Waals surface area contributed by atoms with Gasteiger partial charge in [0, 0.05) is 6.07 Å². The first kappa shape index (κ1) is 14.3. The molecule has 0 bridgehead atoms. The molecule has 2 rings (SSSR count). The van der Waals surface area contributed by atoms with Crippen LogP contribution in [0.25, 0.3) is 0 Å². The highest BCUT2D eigenvalue weighted by molar-refractivity contribution is 6.32. The first-order valence-electron chi connectivity index (χ1n) is 5.87. The van der Waals surface area contributed by atoms with E-state index < -0.39 is 11.0 Å². The summed E-state index contributed by atoms with van der Waals surface area (Å²) in [6.07, 6.45) is -0.564. The van der Waals surface area contributed by atoms with E-state index in [2.05, 4.69) is 0 Å². The molecule has 1 N–H and O–H groups in total. The highest BCUT2D eigenvalue weighted by Gasteiger charge is 2.11. The van der Waals surface area contributed by atoms with E-state index in [0.717, 1.165) is 5.56 Å². The molecule has 1 atom stereocenters. The van der Waals surface area contributed by atoms with Crippen molar-refractivity contribution >= 4 is 17.3 Å². The number of aliphatic hydroxyl groups excluding tert-OH is 1. The van der Waals surface area contributed by atoms with Crippen molar-refractivity contribution in [2.75, 3.05) is 0 Å². The van der Waals surface area contributed by atoms with Gasteiger partial charge in [-0.3, -0.25) is 10.1 Å². The molecule has 0 aromatic heterocycles. The zero-order chi connectivity index (χ0) is 14.7. The molecule has 0 aliphatic rings. The minimum absolute atomic E-state index is 0.0926. The van der Waals surface area contributed by atoms with Gasteiger partial charge in [0.15, 0.2) is 5.75 Å². The first-order chi connectivity index (χ1) is 9.47. The van der Waals surface area contributed by atoms with E-state index in [-0.39, 0.29) is 16.5 Å². The van der Waals surface area contributed by atoms with E-state index in [4.69, 9.17) is 16.3 Å². The molecule has 0 unspecified atom stereocenters. The topological polar surface area (TPSA) is 72.6 Å². The van der Waals surface area contributed by atoms with Crippen LogP contribution in [0.5, 0.6) is 11.5 Å². The average Bonchev–Trinajstić information content (AvgIpc) is 2.41. The summed E-state index contributed by atoms with van der Waals surface area (Å²) in [5.41, 5.74) is 0.660. The van der Waals surface area contributed by atoms with Gasteiger partial charge in [-0.05, 0) is 30.7 Å². The lowest BCUT2D eigenvalue weighted by Crippen LogP contribution is -1.92. The normalized spacial score (nSPS) is 11.9. The Morgan fingerprint density at radius 1 is 1.25 bits per heavy atom. The van der Waals surface area contributed by atoms with E-state index >= 15 is 0 Å². The number of ether oxygens (including phenoxy) is 1. The molecule has 0 aliphatic carbocycles. The van der Waals surface area contributed by atoms with Gasteiger partial charge >= 0.3 is 0 Å². The van der Waals surface area contributed by atoms with Crippen molar-refractivity contribution in [3.05, 3.63) is 63.2 Å². The number of halogens is 1. The molecule has 0 fully saturated rings. The van der Waals surface area contributed by atoms with Crippen molar-refractivity contribution in [2.45, 2.75) is 13.0 Å². The van der Waals surface area contributed by atoms with Gasteiger partial charge in [-0.1, -0.05) is 23.7 Å². The predicted octanol–water partition coefficient (Wildman–Crippen LogP) is 4.09. The van der Waals surface area contributed by atoms with Crippen molar-refractivity contribution in [2.24, 2.45) is 0 Å². The van der Waals surface area contributed by atoms with Crippen LogP contribution < -0.4 is 4.74 Å². The highest BCUT2D eigenvalue weighted by atomic mass is 35.5. The highest BCUT2D eigenvalue weighted by Crippen LogP contribution is 2.33. The van der Waals surface area contributed by atoms with Crippen molar-refractivity contribution in [1.29, 1.82) is 0 Å². The molecule has 20 heavy (non-hydrogen) atoms. The Bertz CT molecular complexity index is 626. The van der Waals surface area contributed by atoms with Crippen LogP contribution >= 0.6 is 11.6 Å². The fourth-order valence-corrected chi connectivity index (χ4v) is 1.78. The van der Waals surface area contributed by atoms with Crippen LogP contribution in [0.3, 0.4) is 0 Å². The number of non-ortho nitro benzene ring substituents is 1. The fourth-order valence-electron chi connectivity index (χ4n) is 1.63. The summed E-state index contributed by atoms with van der Waals surface area (Å²) >= 11 is 5.94. The zero-order valence-electron chi connectivity index (χ0n) is 10.6. The molecular formula is C14H12ClNO4. The summed E-state index contributed by atoms with van der Waals surface area (Å²) in [4.78, 5) is 10.2. The smallest absolute Gasteiger partial charge is 0.273 e. The average molecular weight is 294 g/mol. The lowest BCUT2D eigenvalue weighted by molar-refractivity contribution is -0.384. The monoisotopic (exact) mass is 293 g/mol. The molecule has 5 nitrogen and oxygen atoms in total. The summed E-state index contributed by atoms with van der Waals surface area (Å²) in [6, 6.07) is 10.8. The van der Waals surface area contributed by atoms with Crippen molar-refractivity contribution < 1.29 is 14.8 Å². The molecule has 0 saturated carbocycles. The number of aliphatic hydroxyl groups is 1. The summed E-state index contributed by atoms with van der Waals surface area (Å²) in [5.74, 6) is 0.697. The fraction of sp³-hybridized carbons (Fsp3) is 0.143. The molecule has 2 aromatic carbocycles. The Morgan fingerprint density at radius 2 is 1.90 bits per heavy atom. The number of nitro groups is 1. The van der Waals surface area contributed by atoms with E-state index in [0.29, 0.717) is 5.75 Å². The second kappa shape index (κ2) is 5.90. The minimum atomic E-state index is -0.564. The summed E-state index contributed by atoms with van der Waals surface area (Å²) in [7, 11) is 0. The summed E-state index contributed by atoms with van der Waals surface area (Å²) in [5, 5.41) is 20.4. The second-order valence-electron chi connectivity index (χ2n) is 4.22. The molecule has 0 aliphatic heterocycles. The van der Waals surface area contributed by atoms with Crippen LogP contribution in [0.2, 0.25) is 5.02 Å². The lowest BCUT2D eigenvalue weighted by atomic mass is 10.1. The molecular weight excluding hydrogens is 282 g/mol. The zero-order valence-corrected chi connectivity index (χ0v) is 11.4. The third kappa shape index (κ3) is 3.26. The van der Waals surface area contributed by atoms with E-state index in [1.807, 2.05) is 0 Å². The maximum absolute atomic E-state index is 10.7. The molecule has 0 saturated heterocycles. The summed E-state index contributed by atoms with van der Waals surface area (Å²) in [6.45, 7) is 1.66. The van der Waals surface area contributed by atoms with E-state index in [1.165, 1.54) is 18.2 Å². The number of nitrogens with zero attached hydrogens (tertiary/aromatic N) is 1. The predicted molar refractivity (Wildman–Crippen MR) is 75.3 cm³/mol. The van der Waals surface area contributed by atoms with E-state index in [1.54, 1.807) is 31.2 Å². The third-order valence-electron chi connectivity index (χ3n) is 2.72. The Kier molecular flexibility index (Phi) is 4.22. The number of hydrogen-bond donors (Lipinski definition) is 1. The largest absolute Gasteiger partial charge is 0.456 e. The van der Waals surface area contributed by atoms with Crippen molar-refractivity contribution in [3.63, 3.8) is 0 Å². The number of rotatable bonds is 4. The number of hydrogen-bond acceptors (Lipinski definition) is 4. The van der Waals surface area contributed by atoms with Gasteiger partial charge in [0.25, 0.3) is 5.69 Å². The molecule has 0 amide bonds. The minimum Gasteiger partial charge on any atom is -0.456 e. The van der Waals surface area contributed by atoms with Crippen LogP contribution in [-0.2, 0) is 0 Å². The Labute approximate surface area is 120 Å². The van der Waals surface area contributed by atoms with Crippen LogP contribution in [0.15, 0.2) is 42.5 Å². The standard InChI is InChI=1S/C14H12ClNO4/c1-9(17)10-2-5-12(6-3-10)20-14-8-11(16(18)19)4-7-13(14)15/h2-9,17H,1H3/t9-/m0/s1.